The van der Waals surface area contributed by atoms with Gasteiger partial charge in [0.25, 0.3) is 0 Å². The fourth-order valence-electron chi connectivity index (χ4n) is 2.30. The highest BCUT2D eigenvalue weighted by Crippen LogP contribution is 2.20. The SMILES string of the molecule is CO[SiH](OC)C(C)CCN(CCC(=O)O)c1ccccc1. The van der Waals surface area contributed by atoms with Gasteiger partial charge in [-0.25, -0.2) is 0 Å². The highest BCUT2D eigenvalue weighted by molar-refractivity contribution is 6.46. The first kappa shape index (κ1) is 17.7. The average molecular weight is 311 g/mol. The van der Waals surface area contributed by atoms with Crippen molar-refractivity contribution in [1.29, 1.82) is 0 Å². The summed E-state index contributed by atoms with van der Waals surface area (Å²) < 4.78 is 10.8. The van der Waals surface area contributed by atoms with Gasteiger partial charge in [-0.1, -0.05) is 25.1 Å². The van der Waals surface area contributed by atoms with Gasteiger partial charge in [-0.05, 0) is 24.1 Å². The summed E-state index contributed by atoms with van der Waals surface area (Å²) in [4.78, 5) is 12.9. The third-order valence-corrected chi connectivity index (χ3v) is 5.69. The minimum atomic E-state index is -1.62. The van der Waals surface area contributed by atoms with Crippen LogP contribution in [-0.4, -0.2) is 47.7 Å². The zero-order valence-electron chi connectivity index (χ0n) is 13.0. The molecule has 0 heterocycles. The fraction of sp³-hybridized carbons (Fsp3) is 0.533. The second kappa shape index (κ2) is 9.54. The van der Waals surface area contributed by atoms with Crippen LogP contribution in [0.25, 0.3) is 0 Å². The fourth-order valence-corrected chi connectivity index (χ4v) is 3.84. The van der Waals surface area contributed by atoms with E-state index in [4.69, 9.17) is 14.0 Å². The minimum absolute atomic E-state index is 0.138. The Morgan fingerprint density at radius 1 is 1.24 bits per heavy atom. The van der Waals surface area contributed by atoms with E-state index in [2.05, 4.69) is 11.8 Å². The van der Waals surface area contributed by atoms with Crippen LogP contribution >= 0.6 is 0 Å². The molecule has 0 amide bonds. The number of carboxylic acid groups (broad SMARTS) is 1. The molecular weight excluding hydrogens is 286 g/mol. The summed E-state index contributed by atoms with van der Waals surface area (Å²) in [6, 6.07) is 9.91. The Hall–Kier alpha value is -1.37. The summed E-state index contributed by atoms with van der Waals surface area (Å²) in [6.07, 6.45) is 1.06. The molecule has 6 heteroatoms. The van der Waals surface area contributed by atoms with Gasteiger partial charge >= 0.3 is 15.3 Å². The van der Waals surface area contributed by atoms with Gasteiger partial charge in [0.1, 0.15) is 0 Å². The van der Waals surface area contributed by atoms with Crippen molar-refractivity contribution in [1.82, 2.24) is 0 Å². The second-order valence-corrected chi connectivity index (χ2v) is 7.89. The van der Waals surface area contributed by atoms with Crippen LogP contribution in [0.5, 0.6) is 0 Å². The van der Waals surface area contributed by atoms with Crippen molar-refractivity contribution in [3.05, 3.63) is 30.3 Å². The number of carbonyl (C=O) groups is 1. The number of anilines is 1. The topological polar surface area (TPSA) is 59.0 Å². The predicted octanol–water partition coefficient (Wildman–Crippen LogP) is 2.26. The van der Waals surface area contributed by atoms with Crippen molar-refractivity contribution < 1.29 is 18.8 Å². The maximum atomic E-state index is 10.8. The molecular formula is C15H25NO4Si. The molecule has 1 unspecified atom stereocenters. The molecule has 1 N–H and O–H groups in total. The van der Waals surface area contributed by atoms with E-state index in [9.17, 15) is 4.79 Å². The van der Waals surface area contributed by atoms with Crippen molar-refractivity contribution >= 4 is 20.9 Å². The van der Waals surface area contributed by atoms with Crippen LogP contribution in [0.2, 0.25) is 5.54 Å². The lowest BCUT2D eigenvalue weighted by Gasteiger charge is -2.27. The molecule has 0 bridgehead atoms. The summed E-state index contributed by atoms with van der Waals surface area (Å²) in [5, 5.41) is 8.89. The molecule has 0 fully saturated rings. The number of para-hydroxylation sites is 1. The van der Waals surface area contributed by atoms with Crippen molar-refractivity contribution in [2.75, 3.05) is 32.2 Å². The molecule has 118 valence electrons. The van der Waals surface area contributed by atoms with Crippen LogP contribution in [0.4, 0.5) is 5.69 Å². The molecule has 0 aromatic heterocycles. The van der Waals surface area contributed by atoms with Crippen LogP contribution in [-0.2, 0) is 13.6 Å². The summed E-state index contributed by atoms with van der Waals surface area (Å²) in [5.41, 5.74) is 1.43. The third kappa shape index (κ3) is 6.28. The molecule has 0 saturated carbocycles. The van der Waals surface area contributed by atoms with Gasteiger partial charge in [0.15, 0.2) is 0 Å². The normalized spacial score (nSPS) is 12.4. The molecule has 0 saturated heterocycles. The van der Waals surface area contributed by atoms with Gasteiger partial charge in [-0.3, -0.25) is 4.79 Å². The molecule has 21 heavy (non-hydrogen) atoms. The van der Waals surface area contributed by atoms with E-state index in [-0.39, 0.29) is 6.42 Å². The number of hydrogen-bond donors (Lipinski definition) is 1. The Labute approximate surface area is 128 Å². The predicted molar refractivity (Wildman–Crippen MR) is 86.1 cm³/mol. The number of rotatable bonds is 10. The Morgan fingerprint density at radius 2 is 1.86 bits per heavy atom. The highest BCUT2D eigenvalue weighted by Gasteiger charge is 2.20. The molecule has 5 nitrogen and oxygen atoms in total. The number of carboxylic acids is 1. The lowest BCUT2D eigenvalue weighted by atomic mass is 10.2. The van der Waals surface area contributed by atoms with Gasteiger partial charge in [0.05, 0.1) is 6.42 Å². The van der Waals surface area contributed by atoms with Crippen LogP contribution < -0.4 is 4.90 Å². The Kier molecular flexibility index (Phi) is 8.03. The van der Waals surface area contributed by atoms with E-state index in [0.29, 0.717) is 12.1 Å². The lowest BCUT2D eigenvalue weighted by molar-refractivity contribution is -0.136. The maximum absolute atomic E-state index is 10.8. The first-order valence-corrected chi connectivity index (χ1v) is 8.76. The molecule has 0 spiro atoms. The second-order valence-electron chi connectivity index (χ2n) is 5.07. The van der Waals surface area contributed by atoms with E-state index in [0.717, 1.165) is 18.7 Å². The number of benzene rings is 1. The molecule has 1 atom stereocenters. The van der Waals surface area contributed by atoms with Crippen molar-refractivity contribution in [2.45, 2.75) is 25.3 Å². The van der Waals surface area contributed by atoms with Crippen molar-refractivity contribution in [2.24, 2.45) is 0 Å². The summed E-state index contributed by atoms with van der Waals surface area (Å²) in [6.45, 7) is 3.44. The standard InChI is InChI=1S/C15H25NO4Si/c1-13(21(19-2)20-3)9-11-16(12-10-15(17)18)14-7-5-4-6-8-14/h4-8,13,21H,9-12H2,1-3H3,(H,17,18). The molecule has 0 aliphatic rings. The molecule has 1 aromatic carbocycles. The Balaban J connectivity index is 2.63. The molecule has 0 aliphatic carbocycles. The first-order chi connectivity index (χ1) is 10.1. The van der Waals surface area contributed by atoms with E-state index in [1.807, 2.05) is 30.3 Å². The highest BCUT2D eigenvalue weighted by atomic mass is 28.3. The van der Waals surface area contributed by atoms with E-state index < -0.39 is 15.3 Å². The quantitative estimate of drug-likeness (QED) is 0.672. The Bertz CT molecular complexity index is 411. The lowest BCUT2D eigenvalue weighted by Crippen LogP contribution is -2.31. The number of nitrogens with zero attached hydrogens (tertiary/aromatic N) is 1. The van der Waals surface area contributed by atoms with E-state index in [1.165, 1.54) is 0 Å². The van der Waals surface area contributed by atoms with Crippen LogP contribution in [0.15, 0.2) is 30.3 Å². The van der Waals surface area contributed by atoms with Gasteiger partial charge in [0, 0.05) is 33.0 Å². The smallest absolute Gasteiger partial charge is 0.323 e. The number of aliphatic carboxylic acids is 1. The first-order valence-electron chi connectivity index (χ1n) is 7.15. The molecule has 1 aromatic rings. The zero-order valence-corrected chi connectivity index (χ0v) is 14.1. The molecule has 0 aliphatic heterocycles. The summed E-state index contributed by atoms with van der Waals surface area (Å²) in [7, 11) is 1.76. The van der Waals surface area contributed by atoms with Crippen LogP contribution in [0.1, 0.15) is 19.8 Å². The van der Waals surface area contributed by atoms with Crippen molar-refractivity contribution in [3.8, 4) is 0 Å². The van der Waals surface area contributed by atoms with Gasteiger partial charge in [-0.2, -0.15) is 0 Å². The van der Waals surface area contributed by atoms with Crippen LogP contribution in [0.3, 0.4) is 0 Å². The average Bonchev–Trinajstić information content (AvgIpc) is 2.49. The summed E-state index contributed by atoms with van der Waals surface area (Å²) in [5.74, 6) is -0.773. The van der Waals surface area contributed by atoms with E-state index in [1.54, 1.807) is 14.2 Å². The maximum Gasteiger partial charge on any atom is 0.323 e. The Morgan fingerprint density at radius 3 is 2.38 bits per heavy atom. The molecule has 1 rings (SSSR count). The monoisotopic (exact) mass is 311 g/mol. The minimum Gasteiger partial charge on any atom is -0.481 e. The van der Waals surface area contributed by atoms with Gasteiger partial charge < -0.3 is 18.9 Å². The van der Waals surface area contributed by atoms with Crippen molar-refractivity contribution in [3.63, 3.8) is 0 Å². The number of hydrogen-bond acceptors (Lipinski definition) is 4. The van der Waals surface area contributed by atoms with Gasteiger partial charge in [0.2, 0.25) is 0 Å². The molecule has 0 radical (unpaired) electrons. The third-order valence-electron chi connectivity index (χ3n) is 3.50. The van der Waals surface area contributed by atoms with Gasteiger partial charge in [-0.15, -0.1) is 0 Å². The van der Waals surface area contributed by atoms with Crippen LogP contribution in [0, 0.1) is 0 Å². The summed E-state index contributed by atoms with van der Waals surface area (Å²) >= 11 is 0. The largest absolute Gasteiger partial charge is 0.481 e. The zero-order chi connectivity index (χ0) is 15.7. The van der Waals surface area contributed by atoms with E-state index >= 15 is 0 Å².